The minimum Gasteiger partial charge on any atom is -0.394 e. The van der Waals surface area contributed by atoms with Crippen LogP contribution in [0.15, 0.2) is 0 Å². The molecule has 0 spiro atoms. The van der Waals surface area contributed by atoms with E-state index < -0.39 is 12.1 Å². The predicted molar refractivity (Wildman–Crippen MR) is 184 cm³/mol. The Morgan fingerprint density at radius 2 is 0.762 bits per heavy atom. The minimum atomic E-state index is -0.650. The summed E-state index contributed by atoms with van der Waals surface area (Å²) in [6, 6.07) is -0.526. The van der Waals surface area contributed by atoms with E-state index in [1.54, 1.807) is 0 Å². The molecule has 3 N–H and O–H groups in total. The monoisotopic (exact) mass is 596 g/mol. The number of carbonyl (C=O) groups is 1. The molecule has 0 saturated carbocycles. The number of nitrogens with one attached hydrogen (secondary N) is 1. The molecule has 1 amide bonds. The molecule has 0 fully saturated rings. The molecule has 0 aliphatic heterocycles. The molecule has 0 aromatic carbocycles. The van der Waals surface area contributed by atoms with E-state index in [1.165, 1.54) is 167 Å². The largest absolute Gasteiger partial charge is 0.394 e. The molecule has 4 nitrogen and oxygen atoms in total. The lowest BCUT2D eigenvalue weighted by Gasteiger charge is -2.22. The summed E-state index contributed by atoms with van der Waals surface area (Å²) in [4.78, 5) is 12.3. The fraction of sp³-hybridized carbons (Fsp3) is 0.974. The van der Waals surface area contributed by atoms with Crippen LogP contribution in [-0.2, 0) is 4.79 Å². The molecule has 0 aliphatic rings. The van der Waals surface area contributed by atoms with E-state index in [9.17, 15) is 15.0 Å². The normalized spacial score (nSPS) is 13.0. The van der Waals surface area contributed by atoms with E-state index in [0.717, 1.165) is 25.7 Å². The summed E-state index contributed by atoms with van der Waals surface area (Å²) in [5, 5.41) is 23.0. The number of aliphatic hydroxyl groups is 2. The lowest BCUT2D eigenvalue weighted by atomic mass is 10.0. The molecule has 2 unspecified atom stereocenters. The van der Waals surface area contributed by atoms with Crippen molar-refractivity contribution in [2.45, 2.75) is 231 Å². The first-order valence-corrected chi connectivity index (χ1v) is 19.2. The summed E-state index contributed by atoms with van der Waals surface area (Å²) in [6.45, 7) is 4.35. The summed E-state index contributed by atoms with van der Waals surface area (Å²) in [7, 11) is 0. The van der Waals surface area contributed by atoms with Gasteiger partial charge in [-0.3, -0.25) is 4.79 Å². The number of amides is 1. The Labute approximate surface area is 264 Å². The Bertz CT molecular complexity index is 526. The number of carbonyl (C=O) groups excluding carboxylic acids is 1. The lowest BCUT2D eigenvalue weighted by molar-refractivity contribution is -0.123. The minimum absolute atomic E-state index is 0.0296. The van der Waals surface area contributed by atoms with Gasteiger partial charge >= 0.3 is 0 Å². The first-order valence-electron chi connectivity index (χ1n) is 19.2. The number of unbranched alkanes of at least 4 members (excludes halogenated alkanes) is 28. The van der Waals surface area contributed by atoms with E-state index in [2.05, 4.69) is 19.2 Å². The van der Waals surface area contributed by atoms with Crippen molar-refractivity contribution < 1.29 is 15.0 Å². The third-order valence-corrected chi connectivity index (χ3v) is 9.12. The topological polar surface area (TPSA) is 69.6 Å². The van der Waals surface area contributed by atoms with Gasteiger partial charge in [0.05, 0.1) is 18.8 Å². The number of hydrogen-bond acceptors (Lipinski definition) is 3. The van der Waals surface area contributed by atoms with Crippen molar-refractivity contribution in [1.82, 2.24) is 5.32 Å². The van der Waals surface area contributed by atoms with E-state index in [-0.39, 0.29) is 12.5 Å². The molecular weight excluding hydrogens is 518 g/mol. The molecule has 4 heteroatoms. The molecule has 252 valence electrons. The first-order chi connectivity index (χ1) is 20.7. The van der Waals surface area contributed by atoms with Crippen molar-refractivity contribution in [3.8, 4) is 0 Å². The maximum atomic E-state index is 12.3. The van der Waals surface area contributed by atoms with Crippen molar-refractivity contribution in [2.75, 3.05) is 6.61 Å². The highest BCUT2D eigenvalue weighted by Gasteiger charge is 2.19. The highest BCUT2D eigenvalue weighted by atomic mass is 16.3. The predicted octanol–water partition coefficient (Wildman–Crippen LogP) is 11.3. The summed E-state index contributed by atoms with van der Waals surface area (Å²) in [5.41, 5.74) is 0. The highest BCUT2D eigenvalue weighted by molar-refractivity contribution is 5.76. The number of hydrogen-bond donors (Lipinski definition) is 3. The molecule has 0 rings (SSSR count). The average Bonchev–Trinajstić information content (AvgIpc) is 2.99. The van der Waals surface area contributed by atoms with Crippen LogP contribution in [0.1, 0.15) is 219 Å². The molecule has 2 atom stereocenters. The fourth-order valence-corrected chi connectivity index (χ4v) is 6.13. The first kappa shape index (κ1) is 41.4. The van der Waals surface area contributed by atoms with Gasteiger partial charge in [-0.25, -0.2) is 0 Å². The molecule has 0 aliphatic carbocycles. The van der Waals surface area contributed by atoms with Crippen molar-refractivity contribution in [2.24, 2.45) is 0 Å². The molecule has 0 saturated heterocycles. The van der Waals surface area contributed by atoms with Crippen LogP contribution in [0.2, 0.25) is 0 Å². The van der Waals surface area contributed by atoms with Crippen LogP contribution in [0.5, 0.6) is 0 Å². The van der Waals surface area contributed by atoms with E-state index in [4.69, 9.17) is 0 Å². The molecule has 0 radical (unpaired) electrons. The number of rotatable bonds is 35. The summed E-state index contributed by atoms with van der Waals surface area (Å²) in [5.74, 6) is -0.0296. The van der Waals surface area contributed by atoms with Crippen LogP contribution in [0.3, 0.4) is 0 Å². The Balaban J connectivity index is 3.44. The Morgan fingerprint density at radius 1 is 0.476 bits per heavy atom. The van der Waals surface area contributed by atoms with E-state index in [0.29, 0.717) is 12.8 Å². The van der Waals surface area contributed by atoms with Crippen molar-refractivity contribution >= 4 is 5.91 Å². The zero-order valence-electron chi connectivity index (χ0n) is 28.8. The van der Waals surface area contributed by atoms with Crippen LogP contribution >= 0.6 is 0 Å². The highest BCUT2D eigenvalue weighted by Crippen LogP contribution is 2.16. The van der Waals surface area contributed by atoms with E-state index >= 15 is 0 Å². The summed E-state index contributed by atoms with van der Waals surface area (Å²) in [6.07, 6.45) is 40.3. The van der Waals surface area contributed by atoms with Gasteiger partial charge in [0.15, 0.2) is 0 Å². The molecule has 0 heterocycles. The summed E-state index contributed by atoms with van der Waals surface area (Å²) >= 11 is 0. The molecular formula is C38H77NO3. The van der Waals surface area contributed by atoms with Crippen LogP contribution in [0.25, 0.3) is 0 Å². The lowest BCUT2D eigenvalue weighted by Crippen LogP contribution is -2.45. The third kappa shape index (κ3) is 30.8. The number of aliphatic hydroxyl groups excluding tert-OH is 2. The van der Waals surface area contributed by atoms with Gasteiger partial charge in [0.1, 0.15) is 0 Å². The molecule has 42 heavy (non-hydrogen) atoms. The van der Waals surface area contributed by atoms with Crippen molar-refractivity contribution in [1.29, 1.82) is 0 Å². The third-order valence-electron chi connectivity index (χ3n) is 9.12. The SMILES string of the molecule is CCCCCCCCCCCCCCCCCCCCCCCC(=O)NC(CO)C(O)CCCCCCCCCCC. The van der Waals surface area contributed by atoms with Gasteiger partial charge in [-0.05, 0) is 12.8 Å². The maximum absolute atomic E-state index is 12.3. The van der Waals surface area contributed by atoms with Crippen LogP contribution < -0.4 is 5.32 Å². The second kappa shape index (κ2) is 34.9. The van der Waals surface area contributed by atoms with Gasteiger partial charge in [0.2, 0.25) is 5.91 Å². The second-order valence-corrected chi connectivity index (χ2v) is 13.4. The average molecular weight is 596 g/mol. The second-order valence-electron chi connectivity index (χ2n) is 13.4. The van der Waals surface area contributed by atoms with Gasteiger partial charge in [-0.15, -0.1) is 0 Å². The van der Waals surface area contributed by atoms with Crippen molar-refractivity contribution in [3.63, 3.8) is 0 Å². The van der Waals surface area contributed by atoms with Gasteiger partial charge < -0.3 is 15.5 Å². The quantitative estimate of drug-likeness (QED) is 0.0638. The Morgan fingerprint density at radius 3 is 1.07 bits per heavy atom. The maximum Gasteiger partial charge on any atom is 0.220 e. The zero-order valence-corrected chi connectivity index (χ0v) is 28.8. The fourth-order valence-electron chi connectivity index (χ4n) is 6.13. The van der Waals surface area contributed by atoms with E-state index in [1.807, 2.05) is 0 Å². The van der Waals surface area contributed by atoms with Gasteiger partial charge in [-0.2, -0.15) is 0 Å². The van der Waals surface area contributed by atoms with Gasteiger partial charge in [-0.1, -0.05) is 200 Å². The molecule has 0 bridgehead atoms. The molecule has 0 aromatic heterocycles. The van der Waals surface area contributed by atoms with Crippen LogP contribution in [-0.4, -0.2) is 34.9 Å². The smallest absolute Gasteiger partial charge is 0.220 e. The van der Waals surface area contributed by atoms with Crippen molar-refractivity contribution in [3.05, 3.63) is 0 Å². The van der Waals surface area contributed by atoms with Gasteiger partial charge in [0.25, 0.3) is 0 Å². The standard InChI is InChI=1S/C38H77NO3/c1-3-5-7-9-11-13-14-15-16-17-18-19-20-21-22-23-24-26-28-30-32-34-38(42)39-36(35-40)37(41)33-31-29-27-25-12-10-8-6-4-2/h36-37,40-41H,3-35H2,1-2H3,(H,39,42). The Hall–Kier alpha value is -0.610. The Kier molecular flexibility index (Phi) is 34.4. The van der Waals surface area contributed by atoms with Crippen LogP contribution in [0, 0.1) is 0 Å². The zero-order chi connectivity index (χ0) is 30.8. The molecule has 0 aromatic rings. The van der Waals surface area contributed by atoms with Crippen LogP contribution in [0.4, 0.5) is 0 Å². The summed E-state index contributed by atoms with van der Waals surface area (Å²) < 4.78 is 0. The van der Waals surface area contributed by atoms with Gasteiger partial charge in [0, 0.05) is 6.42 Å².